The average Bonchev–Trinajstić information content (AvgIpc) is 3.42. The van der Waals surface area contributed by atoms with Crippen molar-refractivity contribution in [1.82, 2.24) is 25.1 Å². The first-order valence-corrected chi connectivity index (χ1v) is 14.2. The first-order valence-electron chi connectivity index (χ1n) is 14.2. The Balaban J connectivity index is 1.10. The highest BCUT2D eigenvalue weighted by atomic mass is 19.2. The smallest absolute Gasteiger partial charge is 0.181 e. The Bertz CT molecular complexity index is 1440. The van der Waals surface area contributed by atoms with Crippen molar-refractivity contribution in [3.05, 3.63) is 78.8 Å². The maximum Gasteiger partial charge on any atom is 0.181 e. The van der Waals surface area contributed by atoms with Gasteiger partial charge in [-0.3, -0.25) is 4.68 Å². The van der Waals surface area contributed by atoms with E-state index in [2.05, 4.69) is 54.9 Å². The second-order valence-electron chi connectivity index (χ2n) is 10.9. The van der Waals surface area contributed by atoms with Crippen LogP contribution in [0.25, 0.3) is 22.5 Å². The van der Waals surface area contributed by atoms with Crippen LogP contribution in [0.15, 0.2) is 67.1 Å². The van der Waals surface area contributed by atoms with Gasteiger partial charge in [-0.1, -0.05) is 18.9 Å². The number of benzene rings is 2. The van der Waals surface area contributed by atoms with Crippen molar-refractivity contribution < 1.29 is 8.78 Å². The van der Waals surface area contributed by atoms with Gasteiger partial charge in [0.25, 0.3) is 0 Å². The second-order valence-corrected chi connectivity index (χ2v) is 10.9. The number of piperidine rings is 1. The van der Waals surface area contributed by atoms with Crippen molar-refractivity contribution in [2.24, 2.45) is 7.05 Å². The van der Waals surface area contributed by atoms with Crippen molar-refractivity contribution in [2.75, 3.05) is 23.3 Å². The molecular formula is C31H35F2N7. The third kappa shape index (κ3) is 5.99. The fourth-order valence-corrected chi connectivity index (χ4v) is 6.00. The van der Waals surface area contributed by atoms with Crippen LogP contribution in [-0.2, 0) is 7.05 Å². The van der Waals surface area contributed by atoms with Gasteiger partial charge in [-0.2, -0.15) is 5.10 Å². The van der Waals surface area contributed by atoms with E-state index in [0.717, 1.165) is 61.5 Å². The van der Waals surface area contributed by atoms with Gasteiger partial charge in [0.2, 0.25) is 0 Å². The zero-order valence-electron chi connectivity index (χ0n) is 22.7. The summed E-state index contributed by atoms with van der Waals surface area (Å²) in [5, 5.41) is 12.0. The van der Waals surface area contributed by atoms with Gasteiger partial charge in [0.1, 0.15) is 12.1 Å². The molecule has 40 heavy (non-hydrogen) atoms. The molecule has 208 valence electrons. The van der Waals surface area contributed by atoms with Crippen LogP contribution in [0, 0.1) is 11.6 Å². The van der Waals surface area contributed by atoms with E-state index < -0.39 is 11.6 Å². The van der Waals surface area contributed by atoms with Gasteiger partial charge in [0.05, 0.1) is 0 Å². The number of nitrogens with zero attached hydrogens (tertiary/aromatic N) is 5. The quantitative estimate of drug-likeness (QED) is 0.307. The van der Waals surface area contributed by atoms with Crippen LogP contribution in [-0.4, -0.2) is 51.0 Å². The highest BCUT2D eigenvalue weighted by molar-refractivity contribution is 5.66. The van der Waals surface area contributed by atoms with Crippen molar-refractivity contribution in [3.63, 3.8) is 0 Å². The van der Waals surface area contributed by atoms with Crippen molar-refractivity contribution >= 4 is 11.5 Å². The zero-order chi connectivity index (χ0) is 27.5. The largest absolute Gasteiger partial charge is 0.370 e. The van der Waals surface area contributed by atoms with Gasteiger partial charge in [0, 0.05) is 55.7 Å². The van der Waals surface area contributed by atoms with Gasteiger partial charge >= 0.3 is 0 Å². The van der Waals surface area contributed by atoms with E-state index in [1.807, 2.05) is 19.2 Å². The normalized spacial score (nSPS) is 21.4. The lowest BCUT2D eigenvalue weighted by Gasteiger charge is -2.40. The number of rotatable bonds is 7. The molecule has 7 nitrogen and oxygen atoms in total. The molecule has 9 heteroatoms. The summed E-state index contributed by atoms with van der Waals surface area (Å²) in [7, 11) is 1.88. The minimum atomic E-state index is -0.844. The van der Waals surface area contributed by atoms with Gasteiger partial charge in [-0.15, -0.1) is 0 Å². The topological polar surface area (TPSA) is 70.9 Å². The molecule has 1 aliphatic heterocycles. The molecule has 1 saturated heterocycles. The van der Waals surface area contributed by atoms with E-state index in [0.29, 0.717) is 17.6 Å². The average molecular weight is 544 g/mol. The predicted molar refractivity (Wildman–Crippen MR) is 154 cm³/mol. The standard InChI is InChI=1S/C31H35F2N7/c1-39-20-35-31(38-39)21-8-11-25(12-9-21)40-16-4-5-24(19-40)36-28-6-2-3-7-29(28)37-30-18-23(14-15-34-30)22-10-13-26(32)27(33)17-22/h8-15,17-18,20,24,28-29,36H,2-7,16,19H2,1H3,(H,34,37)/t24?,28-,29-/m1/s1. The summed E-state index contributed by atoms with van der Waals surface area (Å²) in [5.74, 6) is -0.183. The summed E-state index contributed by atoms with van der Waals surface area (Å²) >= 11 is 0. The molecule has 1 aliphatic carbocycles. The van der Waals surface area contributed by atoms with Crippen molar-refractivity contribution in [3.8, 4) is 22.5 Å². The minimum Gasteiger partial charge on any atom is -0.370 e. The summed E-state index contributed by atoms with van der Waals surface area (Å²) < 4.78 is 29.0. The van der Waals surface area contributed by atoms with Crippen LogP contribution < -0.4 is 15.5 Å². The summed E-state index contributed by atoms with van der Waals surface area (Å²) in [6.07, 6.45) is 10.3. The molecule has 2 N–H and O–H groups in total. The van der Waals surface area contributed by atoms with E-state index in [9.17, 15) is 8.78 Å². The maximum atomic E-state index is 13.8. The second kappa shape index (κ2) is 11.7. The van der Waals surface area contributed by atoms with E-state index >= 15 is 0 Å². The lowest BCUT2D eigenvalue weighted by atomic mass is 9.89. The Hall–Kier alpha value is -3.85. The number of pyridine rings is 1. The first kappa shape index (κ1) is 26.4. The molecule has 0 spiro atoms. The number of aromatic nitrogens is 4. The van der Waals surface area contributed by atoms with Gasteiger partial charge in [0.15, 0.2) is 17.5 Å². The fourth-order valence-electron chi connectivity index (χ4n) is 6.00. The molecule has 1 unspecified atom stereocenters. The van der Waals surface area contributed by atoms with Crippen LogP contribution in [0.5, 0.6) is 0 Å². The molecule has 0 amide bonds. The Morgan fingerprint density at radius 3 is 2.35 bits per heavy atom. The summed E-state index contributed by atoms with van der Waals surface area (Å²) in [4.78, 5) is 11.4. The number of halogens is 2. The minimum absolute atomic E-state index is 0.252. The molecule has 3 atom stereocenters. The molecule has 2 aromatic carbocycles. The van der Waals surface area contributed by atoms with Crippen LogP contribution in [0.1, 0.15) is 38.5 Å². The lowest BCUT2D eigenvalue weighted by molar-refractivity contribution is 0.293. The van der Waals surface area contributed by atoms with E-state index in [-0.39, 0.29) is 6.04 Å². The van der Waals surface area contributed by atoms with Gasteiger partial charge < -0.3 is 15.5 Å². The molecule has 0 radical (unpaired) electrons. The molecule has 0 bridgehead atoms. The van der Waals surface area contributed by atoms with Crippen LogP contribution in [0.2, 0.25) is 0 Å². The van der Waals surface area contributed by atoms with E-state index in [1.165, 1.54) is 30.7 Å². The Morgan fingerprint density at radius 1 is 0.800 bits per heavy atom. The molecule has 1 saturated carbocycles. The number of anilines is 2. The molecule has 2 aromatic heterocycles. The van der Waals surface area contributed by atoms with Gasteiger partial charge in [-0.05, 0) is 85.3 Å². The van der Waals surface area contributed by atoms with E-state index in [1.54, 1.807) is 23.3 Å². The van der Waals surface area contributed by atoms with E-state index in [4.69, 9.17) is 0 Å². The highest BCUT2D eigenvalue weighted by Crippen LogP contribution is 2.28. The Kier molecular flexibility index (Phi) is 7.73. The van der Waals surface area contributed by atoms with Crippen molar-refractivity contribution in [2.45, 2.75) is 56.7 Å². The Morgan fingerprint density at radius 2 is 1.57 bits per heavy atom. The predicted octanol–water partition coefficient (Wildman–Crippen LogP) is 5.80. The Labute approximate surface area is 233 Å². The molecule has 2 fully saturated rings. The molecular weight excluding hydrogens is 508 g/mol. The molecule has 4 aromatic rings. The molecule has 3 heterocycles. The highest BCUT2D eigenvalue weighted by Gasteiger charge is 2.29. The number of nitrogens with one attached hydrogen (secondary N) is 2. The lowest BCUT2D eigenvalue weighted by Crippen LogP contribution is -2.54. The SMILES string of the molecule is Cn1cnc(-c2ccc(N3CCCC(N[C@@H]4CCCC[C@H]4Nc4cc(-c5ccc(F)c(F)c5)ccn4)C3)cc2)n1. The summed E-state index contributed by atoms with van der Waals surface area (Å²) in [5.41, 5.74) is 3.69. The monoisotopic (exact) mass is 543 g/mol. The van der Waals surface area contributed by atoms with Crippen molar-refractivity contribution in [1.29, 1.82) is 0 Å². The van der Waals surface area contributed by atoms with Crippen LogP contribution in [0.4, 0.5) is 20.3 Å². The number of hydrogen-bond donors (Lipinski definition) is 2. The van der Waals surface area contributed by atoms with Gasteiger partial charge in [-0.25, -0.2) is 18.7 Å². The number of aryl methyl sites for hydroxylation is 1. The molecule has 6 rings (SSSR count). The maximum absolute atomic E-state index is 13.8. The third-order valence-corrected chi connectivity index (χ3v) is 8.07. The number of hydrogen-bond acceptors (Lipinski definition) is 6. The fraction of sp³-hybridized carbons (Fsp3) is 0.387. The third-order valence-electron chi connectivity index (χ3n) is 8.07. The first-order chi connectivity index (χ1) is 19.5. The summed E-state index contributed by atoms with van der Waals surface area (Å²) in [6.45, 7) is 2.01. The van der Waals surface area contributed by atoms with Crippen LogP contribution >= 0.6 is 0 Å². The molecule has 2 aliphatic rings. The summed E-state index contributed by atoms with van der Waals surface area (Å²) in [6, 6.07) is 17.3. The zero-order valence-corrected chi connectivity index (χ0v) is 22.7. The van der Waals surface area contributed by atoms with Crippen LogP contribution in [0.3, 0.4) is 0 Å².